The standard InChI is InChI=1S/C63H65N5O.Pt/c1-59(2,3)40-26-28-64-54(35-40)67-51-20-17-16-19-47(51)48-24-22-46(37-53(48)67)69-45-23-25-49-50(36-45)58-66-55(38-29-41(60(4,5)6)33-42(30-38)61(7,8)9)57(68(58)52-21-18-27-65-56(49)52)39-31-43(62(10,11)12)34-44(32-39)63(13,14)15;/h16-35H,1-15H3;/q-2;+2. The van der Waals surface area contributed by atoms with Crippen molar-refractivity contribution in [2.45, 2.75) is 131 Å². The van der Waals surface area contributed by atoms with Gasteiger partial charge in [-0.1, -0.05) is 163 Å². The molecule has 0 unspecified atom stereocenters. The number of fused-ring (bicyclic) bond motifs is 9. The van der Waals surface area contributed by atoms with Crippen molar-refractivity contribution < 1.29 is 25.8 Å². The van der Waals surface area contributed by atoms with E-state index in [4.69, 9.17) is 19.7 Å². The Morgan fingerprint density at radius 3 is 1.61 bits per heavy atom. The van der Waals surface area contributed by atoms with Gasteiger partial charge in [0.15, 0.2) is 0 Å². The van der Waals surface area contributed by atoms with E-state index in [1.54, 1.807) is 0 Å². The first-order valence-corrected chi connectivity index (χ1v) is 24.4. The van der Waals surface area contributed by atoms with Gasteiger partial charge in [0.2, 0.25) is 0 Å². The number of imidazole rings is 1. The number of benzene rings is 5. The molecule has 0 amide bonds. The molecular formula is C63H65N5OPt. The molecule has 5 heterocycles. The minimum Gasteiger partial charge on any atom is -0.503 e. The third-order valence-corrected chi connectivity index (χ3v) is 13.8. The van der Waals surface area contributed by atoms with Crippen LogP contribution in [-0.4, -0.2) is 23.9 Å². The van der Waals surface area contributed by atoms with Crippen molar-refractivity contribution in [1.29, 1.82) is 0 Å². The summed E-state index contributed by atoms with van der Waals surface area (Å²) in [7, 11) is 0. The molecule has 0 N–H and O–H groups in total. The zero-order valence-electron chi connectivity index (χ0n) is 43.5. The number of nitrogens with zero attached hydrogens (tertiary/aromatic N) is 5. The Hall–Kier alpha value is -6.10. The normalized spacial score (nSPS) is 13.0. The molecule has 10 aromatic rings. The van der Waals surface area contributed by atoms with Crippen LogP contribution in [0.1, 0.15) is 132 Å². The molecule has 0 atom stereocenters. The summed E-state index contributed by atoms with van der Waals surface area (Å²) in [5.74, 6) is 1.99. The van der Waals surface area contributed by atoms with E-state index in [-0.39, 0.29) is 48.1 Å². The Labute approximate surface area is 428 Å². The van der Waals surface area contributed by atoms with Crippen molar-refractivity contribution in [3.63, 3.8) is 0 Å². The first-order valence-electron chi connectivity index (χ1n) is 24.4. The zero-order valence-corrected chi connectivity index (χ0v) is 45.8. The minimum atomic E-state index is -0.0973. The number of ether oxygens (including phenoxy) is 1. The van der Waals surface area contributed by atoms with E-state index in [2.05, 4.69) is 216 Å². The summed E-state index contributed by atoms with van der Waals surface area (Å²) >= 11 is 0. The van der Waals surface area contributed by atoms with Gasteiger partial charge in [0, 0.05) is 40.5 Å². The van der Waals surface area contributed by atoms with Crippen molar-refractivity contribution >= 4 is 49.3 Å². The molecule has 5 aromatic carbocycles. The van der Waals surface area contributed by atoms with Gasteiger partial charge in [-0.25, -0.2) is 4.98 Å². The first-order chi connectivity index (χ1) is 32.3. The largest absolute Gasteiger partial charge is 2.00 e. The van der Waals surface area contributed by atoms with Gasteiger partial charge in [0.25, 0.3) is 0 Å². The molecule has 0 spiro atoms. The first kappa shape index (κ1) is 48.9. The number of rotatable bonds is 5. The van der Waals surface area contributed by atoms with Crippen molar-refractivity contribution in [3.8, 4) is 39.8 Å². The van der Waals surface area contributed by atoms with Crippen molar-refractivity contribution in [2.24, 2.45) is 0 Å². The third-order valence-electron chi connectivity index (χ3n) is 13.8. The average Bonchev–Trinajstić information content (AvgIpc) is 3.85. The van der Waals surface area contributed by atoms with Crippen LogP contribution in [0.25, 0.3) is 77.6 Å². The molecule has 5 aromatic heterocycles. The predicted molar refractivity (Wildman–Crippen MR) is 289 cm³/mol. The average molecular weight is 1100 g/mol. The number of pyridine rings is 3. The minimum absolute atomic E-state index is 0. The van der Waals surface area contributed by atoms with E-state index in [1.165, 1.54) is 27.8 Å². The van der Waals surface area contributed by atoms with Crippen LogP contribution in [0, 0.1) is 12.1 Å². The maximum Gasteiger partial charge on any atom is 2.00 e. The molecule has 7 heteroatoms. The van der Waals surface area contributed by atoms with E-state index in [1.807, 2.05) is 30.6 Å². The van der Waals surface area contributed by atoms with Crippen LogP contribution in [0.4, 0.5) is 0 Å². The van der Waals surface area contributed by atoms with Gasteiger partial charge in [0.1, 0.15) is 5.82 Å². The van der Waals surface area contributed by atoms with Gasteiger partial charge in [0.05, 0.1) is 28.1 Å². The molecule has 0 saturated heterocycles. The van der Waals surface area contributed by atoms with Gasteiger partial charge in [-0.15, -0.1) is 23.6 Å². The number of para-hydroxylation sites is 1. The summed E-state index contributed by atoms with van der Waals surface area (Å²) in [6.07, 6.45) is 3.79. The monoisotopic (exact) mass is 1100 g/mol. The molecule has 6 nitrogen and oxygen atoms in total. The molecule has 10 rings (SSSR count). The maximum atomic E-state index is 6.84. The molecule has 70 heavy (non-hydrogen) atoms. The molecule has 0 aliphatic carbocycles. The van der Waals surface area contributed by atoms with E-state index in [0.29, 0.717) is 11.5 Å². The van der Waals surface area contributed by atoms with Crippen LogP contribution < -0.4 is 4.74 Å². The van der Waals surface area contributed by atoms with Crippen molar-refractivity contribution in [1.82, 2.24) is 23.9 Å². The predicted octanol–water partition coefficient (Wildman–Crippen LogP) is 16.7. The van der Waals surface area contributed by atoms with Crippen LogP contribution in [0.15, 0.2) is 122 Å². The van der Waals surface area contributed by atoms with Crippen LogP contribution in [0.3, 0.4) is 0 Å². The summed E-state index contributed by atoms with van der Waals surface area (Å²) in [5, 5.41) is 4.00. The summed E-state index contributed by atoms with van der Waals surface area (Å²) in [4.78, 5) is 15.8. The Morgan fingerprint density at radius 1 is 0.471 bits per heavy atom. The molecule has 0 bridgehead atoms. The van der Waals surface area contributed by atoms with Crippen LogP contribution in [-0.2, 0) is 48.1 Å². The van der Waals surface area contributed by atoms with Gasteiger partial charge in [-0.2, -0.15) is 6.07 Å². The summed E-state index contributed by atoms with van der Waals surface area (Å²) < 4.78 is 11.4. The van der Waals surface area contributed by atoms with Gasteiger partial charge < -0.3 is 13.7 Å². The molecule has 0 fully saturated rings. The maximum absolute atomic E-state index is 6.84. The zero-order chi connectivity index (χ0) is 49.2. The quantitative estimate of drug-likeness (QED) is 0.127. The fourth-order valence-electron chi connectivity index (χ4n) is 9.54. The third kappa shape index (κ3) is 8.76. The number of hydrogen-bond acceptors (Lipinski definition) is 4. The molecular weight excluding hydrogens is 1040 g/mol. The van der Waals surface area contributed by atoms with E-state index in [9.17, 15) is 0 Å². The summed E-state index contributed by atoms with van der Waals surface area (Å²) in [6.45, 7) is 34.3. The Kier molecular flexibility index (Phi) is 11.9. The molecule has 0 radical (unpaired) electrons. The second kappa shape index (κ2) is 17.0. The van der Waals surface area contributed by atoms with Crippen LogP contribution >= 0.6 is 0 Å². The van der Waals surface area contributed by atoms with Gasteiger partial charge in [-0.3, -0.25) is 9.97 Å². The summed E-state index contributed by atoms with van der Waals surface area (Å²) in [5.41, 5.74) is 14.7. The molecule has 0 saturated carbocycles. The van der Waals surface area contributed by atoms with Gasteiger partial charge in [-0.05, 0) is 115 Å². The van der Waals surface area contributed by atoms with E-state index >= 15 is 0 Å². The second-order valence-electron chi connectivity index (χ2n) is 24.2. The van der Waals surface area contributed by atoms with Crippen LogP contribution in [0.5, 0.6) is 11.5 Å². The topological polar surface area (TPSA) is 57.2 Å². The van der Waals surface area contributed by atoms with E-state index < -0.39 is 0 Å². The van der Waals surface area contributed by atoms with Crippen molar-refractivity contribution in [3.05, 3.63) is 162 Å². The molecule has 358 valence electrons. The van der Waals surface area contributed by atoms with E-state index in [0.717, 1.165) is 77.6 Å². The molecule has 0 aliphatic heterocycles. The Balaban J connectivity index is 0.00000608. The smallest absolute Gasteiger partial charge is 0.503 e. The number of aromatic nitrogens is 5. The summed E-state index contributed by atoms with van der Waals surface area (Å²) in [6, 6.07) is 46.9. The number of hydrogen-bond donors (Lipinski definition) is 0. The fraction of sp³-hybridized carbons (Fsp3) is 0.317. The SMILES string of the molecule is CC(C)(C)c1cc(-c2nc3c4[c-]c(Oc5[c-]c6c(cc5)c5ccccc5n6-c5cc(C(C)(C)C)ccn5)ccc4c4ncccc4n3c2-c2cc(C(C)(C)C)cc(C(C)(C)C)c2)cc(C(C)(C)C)c1.[Pt+2]. The van der Waals surface area contributed by atoms with Crippen molar-refractivity contribution in [2.75, 3.05) is 0 Å². The van der Waals surface area contributed by atoms with Gasteiger partial charge >= 0.3 is 21.1 Å². The van der Waals surface area contributed by atoms with Crippen LogP contribution in [0.2, 0.25) is 0 Å². The fourth-order valence-corrected chi connectivity index (χ4v) is 9.54. The molecule has 0 aliphatic rings. The second-order valence-corrected chi connectivity index (χ2v) is 24.2. The Morgan fingerprint density at radius 2 is 1.01 bits per heavy atom. The Bertz CT molecular complexity index is 3600.